The van der Waals surface area contributed by atoms with Gasteiger partial charge in [0.25, 0.3) is 0 Å². The monoisotopic (exact) mass is 594 g/mol. The van der Waals surface area contributed by atoms with E-state index in [0.717, 1.165) is 19.4 Å². The molecular weight excluding hydrogens is 537 g/mol. The number of nitrogens with one attached hydrogen (secondary N) is 1. The fraction of sp³-hybridized carbons (Fsp3) is 0.622. The zero-order valence-corrected chi connectivity index (χ0v) is 28.8. The largest absolute Gasteiger partial charge is 0.348 e. The fourth-order valence-electron chi connectivity index (χ4n) is 6.19. The Morgan fingerprint density at radius 3 is 2.49 bits per heavy atom. The maximum Gasteiger partial charge on any atom is 0.0774 e. The van der Waals surface area contributed by atoms with Crippen molar-refractivity contribution in [1.82, 2.24) is 5.32 Å². The highest BCUT2D eigenvalue weighted by molar-refractivity contribution is 8.04. The number of nitrogens with zero attached hydrogens (tertiary/aromatic N) is 1. The summed E-state index contributed by atoms with van der Waals surface area (Å²) in [5.74, 6) is 3.44. The van der Waals surface area contributed by atoms with Gasteiger partial charge < -0.3 is 4.90 Å². The maximum absolute atomic E-state index is 4.04. The van der Waals surface area contributed by atoms with Crippen molar-refractivity contribution in [3.63, 3.8) is 0 Å². The topological polar surface area (TPSA) is 15.3 Å². The van der Waals surface area contributed by atoms with Crippen LogP contribution in [0.15, 0.2) is 59.6 Å². The van der Waals surface area contributed by atoms with Crippen molar-refractivity contribution < 1.29 is 0 Å². The Morgan fingerprint density at radius 1 is 1.05 bits per heavy atom. The Bertz CT molecular complexity index is 1050. The minimum absolute atomic E-state index is 0.303. The summed E-state index contributed by atoms with van der Waals surface area (Å²) >= 11 is 4.12. The molecule has 1 aromatic rings. The van der Waals surface area contributed by atoms with Crippen molar-refractivity contribution >= 4 is 34.8 Å². The van der Waals surface area contributed by atoms with E-state index in [1.54, 1.807) is 5.57 Å². The van der Waals surface area contributed by atoms with Crippen molar-refractivity contribution in [3.8, 4) is 0 Å². The van der Waals surface area contributed by atoms with Crippen LogP contribution in [-0.4, -0.2) is 35.5 Å². The Morgan fingerprint density at radius 2 is 1.80 bits per heavy atom. The number of unbranched alkanes of at least 4 members (excludes halogenated alkanes) is 5. The van der Waals surface area contributed by atoms with Crippen LogP contribution in [0.4, 0.5) is 5.69 Å². The summed E-state index contributed by atoms with van der Waals surface area (Å²) in [6, 6.07) is 7.62. The van der Waals surface area contributed by atoms with E-state index < -0.39 is 0 Å². The van der Waals surface area contributed by atoms with E-state index >= 15 is 0 Å². The van der Waals surface area contributed by atoms with Gasteiger partial charge in [-0.2, -0.15) is 11.8 Å². The van der Waals surface area contributed by atoms with Crippen molar-refractivity contribution in [2.24, 2.45) is 5.92 Å². The second kappa shape index (κ2) is 17.7. The van der Waals surface area contributed by atoms with Crippen LogP contribution in [0.3, 0.4) is 0 Å². The summed E-state index contributed by atoms with van der Waals surface area (Å²) in [7, 11) is 0. The third-order valence-corrected chi connectivity index (χ3v) is 11.5. The number of rotatable bonds is 19. The Hall–Kier alpha value is -1.36. The second-order valence-electron chi connectivity index (χ2n) is 12.2. The molecule has 1 N–H and O–H groups in total. The molecule has 3 unspecified atom stereocenters. The van der Waals surface area contributed by atoms with Gasteiger partial charge in [0.05, 0.1) is 12.2 Å². The lowest BCUT2D eigenvalue weighted by atomic mass is 9.89. The van der Waals surface area contributed by atoms with Crippen LogP contribution in [0, 0.1) is 5.92 Å². The van der Waals surface area contributed by atoms with Gasteiger partial charge in [0.15, 0.2) is 0 Å². The van der Waals surface area contributed by atoms with Gasteiger partial charge in [-0.05, 0) is 72.4 Å². The minimum Gasteiger partial charge on any atom is -0.348 e. The van der Waals surface area contributed by atoms with Gasteiger partial charge in [0, 0.05) is 22.3 Å². The molecule has 3 rings (SSSR count). The molecule has 228 valence electrons. The van der Waals surface area contributed by atoms with Crippen molar-refractivity contribution in [2.75, 3.05) is 23.0 Å². The van der Waals surface area contributed by atoms with Crippen molar-refractivity contribution in [1.29, 1.82) is 0 Å². The summed E-state index contributed by atoms with van der Waals surface area (Å²) in [4.78, 5) is 4.20. The highest BCUT2D eigenvalue weighted by atomic mass is 32.2. The van der Waals surface area contributed by atoms with Crippen LogP contribution in [-0.2, 0) is 0 Å². The van der Waals surface area contributed by atoms with E-state index in [0.29, 0.717) is 29.3 Å². The van der Waals surface area contributed by atoms with Gasteiger partial charge in [0.2, 0.25) is 0 Å². The molecule has 0 aromatic heterocycles. The standard InChI is InChI=1S/C37H58N2S2/c1-9-13-14-15-16-17-23-38-29(8)39-34-24-30(27(5)6)19-21-32(34)33-22-20-31(25-35(33)39)36(11-3)41-37(18-10-2)28(7)26-40-12-4/h10,18-22,24,27-29,35-36,38H,2,9,11-17,23,25-26H2,1,3-8H3/b37-18+/t28-,29?,35?,36?/m1/s1. The van der Waals surface area contributed by atoms with Crippen LogP contribution in [0.2, 0.25) is 0 Å². The molecule has 0 amide bonds. The maximum atomic E-state index is 4.04. The average Bonchev–Trinajstić information content (AvgIpc) is 3.30. The molecule has 4 atom stereocenters. The number of hydrogen-bond acceptors (Lipinski definition) is 4. The molecule has 1 heterocycles. The first-order chi connectivity index (χ1) is 19.9. The van der Waals surface area contributed by atoms with Gasteiger partial charge in [-0.25, -0.2) is 0 Å². The molecule has 0 fully saturated rings. The first-order valence-corrected chi connectivity index (χ1v) is 18.5. The molecule has 1 aromatic carbocycles. The van der Waals surface area contributed by atoms with Gasteiger partial charge in [-0.15, -0.1) is 11.8 Å². The van der Waals surface area contributed by atoms with Crippen LogP contribution < -0.4 is 10.2 Å². The lowest BCUT2D eigenvalue weighted by Crippen LogP contribution is -2.48. The Kier molecular flexibility index (Phi) is 14.7. The zero-order valence-electron chi connectivity index (χ0n) is 27.2. The van der Waals surface area contributed by atoms with Gasteiger partial charge >= 0.3 is 0 Å². The predicted molar refractivity (Wildman–Crippen MR) is 190 cm³/mol. The molecule has 0 saturated carbocycles. The SMILES string of the molecule is C=C/C=C(/SC(CC)C1=CC=C2c3ccc(C(C)C)cc3N(C(C)NCCCCCCCC)C2C1)[C@H](C)CSCC. The summed E-state index contributed by atoms with van der Waals surface area (Å²) in [5.41, 5.74) is 7.37. The van der Waals surface area contributed by atoms with E-state index in [2.05, 4.69) is 113 Å². The summed E-state index contributed by atoms with van der Waals surface area (Å²) in [6.45, 7) is 21.4. The van der Waals surface area contributed by atoms with E-state index in [1.807, 2.05) is 17.8 Å². The molecule has 0 bridgehead atoms. The molecule has 1 aliphatic carbocycles. The molecule has 0 spiro atoms. The molecule has 0 saturated heterocycles. The van der Waals surface area contributed by atoms with Crippen LogP contribution in [0.25, 0.3) is 5.57 Å². The summed E-state index contributed by atoms with van der Waals surface area (Å²) in [5, 5.41) is 4.43. The Labute approximate surface area is 262 Å². The van der Waals surface area contributed by atoms with Gasteiger partial charge in [0.1, 0.15) is 0 Å². The second-order valence-corrected chi connectivity index (χ2v) is 14.8. The van der Waals surface area contributed by atoms with E-state index in [1.165, 1.54) is 77.3 Å². The fourth-order valence-corrected chi connectivity index (χ4v) is 8.38. The number of hydrogen-bond donors (Lipinski definition) is 1. The first kappa shape index (κ1) is 34.1. The Balaban J connectivity index is 1.81. The minimum atomic E-state index is 0.303. The van der Waals surface area contributed by atoms with E-state index in [9.17, 15) is 0 Å². The van der Waals surface area contributed by atoms with Gasteiger partial charge in [-0.1, -0.05) is 122 Å². The average molecular weight is 595 g/mol. The van der Waals surface area contributed by atoms with Crippen LogP contribution in [0.5, 0.6) is 0 Å². The quantitative estimate of drug-likeness (QED) is 0.126. The molecule has 1 aliphatic heterocycles. The van der Waals surface area contributed by atoms with Crippen molar-refractivity contribution in [2.45, 2.75) is 123 Å². The lowest BCUT2D eigenvalue weighted by molar-refractivity contribution is 0.476. The molecular formula is C37H58N2S2. The number of benzene rings is 1. The number of anilines is 1. The van der Waals surface area contributed by atoms with Crippen molar-refractivity contribution in [3.05, 3.63) is 70.7 Å². The van der Waals surface area contributed by atoms with Crippen LogP contribution in [0.1, 0.15) is 117 Å². The van der Waals surface area contributed by atoms with E-state index in [4.69, 9.17) is 0 Å². The smallest absolute Gasteiger partial charge is 0.0774 e. The number of fused-ring (bicyclic) bond motifs is 3. The lowest BCUT2D eigenvalue weighted by Gasteiger charge is -2.37. The molecule has 4 heteroatoms. The zero-order chi connectivity index (χ0) is 29.8. The molecule has 41 heavy (non-hydrogen) atoms. The third kappa shape index (κ3) is 9.31. The highest BCUT2D eigenvalue weighted by Gasteiger charge is 2.39. The number of thioether (sulfide) groups is 2. The van der Waals surface area contributed by atoms with Gasteiger partial charge in [-0.3, -0.25) is 5.32 Å². The normalized spacial score (nSPS) is 19.0. The summed E-state index contributed by atoms with van der Waals surface area (Å²) in [6.07, 6.45) is 19.7. The van der Waals surface area contributed by atoms with Crippen LogP contribution >= 0.6 is 23.5 Å². The first-order valence-electron chi connectivity index (χ1n) is 16.5. The van der Waals surface area contributed by atoms with E-state index in [-0.39, 0.29) is 0 Å². The molecule has 2 nitrogen and oxygen atoms in total. The molecule has 2 aliphatic rings. The third-order valence-electron chi connectivity index (χ3n) is 8.67. The molecule has 0 radical (unpaired) electrons. The highest BCUT2D eigenvalue weighted by Crippen LogP contribution is 2.48. The number of allylic oxidation sites excluding steroid dienone is 5. The predicted octanol–water partition coefficient (Wildman–Crippen LogP) is 11.0. The summed E-state index contributed by atoms with van der Waals surface area (Å²) < 4.78 is 0.